The Hall–Kier alpha value is -3.35. The van der Waals surface area contributed by atoms with Gasteiger partial charge in [0.2, 0.25) is 5.91 Å². The van der Waals surface area contributed by atoms with Crippen molar-refractivity contribution in [2.24, 2.45) is 0 Å². The van der Waals surface area contributed by atoms with Crippen LogP contribution in [-0.2, 0) is 24.1 Å². The number of nitrogens with zero attached hydrogens (tertiary/aromatic N) is 7. The first-order valence-electron chi connectivity index (χ1n) is 15.3. The monoisotopic (exact) mass is 589 g/mol. The van der Waals surface area contributed by atoms with E-state index in [4.69, 9.17) is 26.3 Å². The van der Waals surface area contributed by atoms with Crippen LogP contribution >= 0.6 is 11.6 Å². The lowest BCUT2D eigenvalue weighted by molar-refractivity contribution is -0.128. The first-order valence-corrected chi connectivity index (χ1v) is 15.7. The Labute approximate surface area is 253 Å². The van der Waals surface area contributed by atoms with Gasteiger partial charge in [0.1, 0.15) is 12.4 Å². The molecular weight excluding hydrogens is 550 g/mol. The van der Waals surface area contributed by atoms with E-state index in [0.29, 0.717) is 44.3 Å². The Balaban J connectivity index is 1.31. The molecule has 1 aromatic heterocycles. The number of anilines is 2. The third-order valence-electron chi connectivity index (χ3n) is 9.49. The van der Waals surface area contributed by atoms with Gasteiger partial charge in [-0.05, 0) is 69.8 Å². The average Bonchev–Trinajstić information content (AvgIpc) is 3.43. The van der Waals surface area contributed by atoms with E-state index < -0.39 is 0 Å². The number of aryl methyl sites for hydroxylation is 1. The largest absolute Gasteiger partial charge is 0.462 e. The Morgan fingerprint density at radius 2 is 2.05 bits per heavy atom. The van der Waals surface area contributed by atoms with Crippen molar-refractivity contribution in [1.29, 1.82) is 5.26 Å². The Morgan fingerprint density at radius 1 is 1.17 bits per heavy atom. The number of ether oxygens (including phenoxy) is 1. The Morgan fingerprint density at radius 3 is 2.83 bits per heavy atom. The minimum absolute atomic E-state index is 0.132. The summed E-state index contributed by atoms with van der Waals surface area (Å²) >= 11 is 6.75. The first-order chi connectivity index (χ1) is 20.5. The van der Waals surface area contributed by atoms with Crippen LogP contribution in [0, 0.1) is 11.3 Å². The van der Waals surface area contributed by atoms with Crippen LogP contribution in [0.5, 0.6) is 6.01 Å². The van der Waals surface area contributed by atoms with E-state index in [9.17, 15) is 10.1 Å². The maximum Gasteiger partial charge on any atom is 0.318 e. The highest BCUT2D eigenvalue weighted by atomic mass is 35.5. The summed E-state index contributed by atoms with van der Waals surface area (Å²) in [4.78, 5) is 31.4. The topological polar surface area (TPSA) is 88.8 Å². The second kappa shape index (κ2) is 12.5. The molecule has 0 N–H and O–H groups in total. The van der Waals surface area contributed by atoms with Crippen LogP contribution in [0.1, 0.15) is 48.9 Å². The minimum Gasteiger partial charge on any atom is -0.462 e. The summed E-state index contributed by atoms with van der Waals surface area (Å²) in [5, 5.41) is 10.3. The van der Waals surface area contributed by atoms with Crippen molar-refractivity contribution in [2.45, 2.75) is 69.5 Å². The third kappa shape index (κ3) is 5.67. The molecule has 0 saturated carbocycles. The number of halogens is 1. The lowest BCUT2D eigenvalue weighted by Crippen LogP contribution is -2.55. The summed E-state index contributed by atoms with van der Waals surface area (Å²) in [5.74, 6) is 0.756. The van der Waals surface area contributed by atoms with E-state index in [1.165, 1.54) is 23.7 Å². The minimum atomic E-state index is -0.222. The molecule has 4 heterocycles. The van der Waals surface area contributed by atoms with E-state index in [0.717, 1.165) is 73.7 Å². The smallest absolute Gasteiger partial charge is 0.318 e. The van der Waals surface area contributed by atoms with Gasteiger partial charge in [-0.15, -0.1) is 0 Å². The quantitative estimate of drug-likeness (QED) is 0.447. The number of fused-ring (bicyclic) bond motifs is 2. The zero-order valence-electron chi connectivity index (χ0n) is 24.5. The molecule has 1 aliphatic carbocycles. The second-order valence-corrected chi connectivity index (χ2v) is 12.4. The van der Waals surface area contributed by atoms with Crippen molar-refractivity contribution in [2.75, 3.05) is 56.2 Å². The number of benzene rings is 1. The molecule has 3 atom stereocenters. The summed E-state index contributed by atoms with van der Waals surface area (Å²) < 4.78 is 6.31. The Kier molecular flexibility index (Phi) is 8.55. The standard InChI is InChI=1S/C32H40ClN7O2/c1-3-29(41)39-18-17-38(20-24(39)13-14-34)31-26-12-11-23(40-16-5-8-22-7-4-10-27(33)30(22)40)19-28(26)35-32(36-31)42-21-25-9-6-15-37(25)2/h3-4,7,10,23-25H,1,5-6,8-9,11-13,15-21H2,2H3/t23-,24-,25?/m0/s1. The van der Waals surface area contributed by atoms with Gasteiger partial charge in [0.25, 0.3) is 0 Å². The molecule has 10 heteroatoms. The molecule has 1 amide bonds. The summed E-state index contributed by atoms with van der Waals surface area (Å²) in [6, 6.07) is 9.37. The van der Waals surface area contributed by atoms with E-state index >= 15 is 0 Å². The molecule has 2 aromatic rings. The number of aromatic nitrogens is 2. The zero-order chi connectivity index (χ0) is 29.2. The highest BCUT2D eigenvalue weighted by Gasteiger charge is 2.36. The number of likely N-dealkylation sites (N-methyl/N-ethyl adjacent to an activating group) is 1. The van der Waals surface area contributed by atoms with Gasteiger partial charge in [0.05, 0.1) is 34.9 Å². The molecule has 9 nitrogen and oxygen atoms in total. The van der Waals surface area contributed by atoms with Crippen molar-refractivity contribution in [3.63, 3.8) is 0 Å². The summed E-state index contributed by atoms with van der Waals surface area (Å²) in [6.07, 6.45) is 8.69. The number of para-hydroxylation sites is 1. The van der Waals surface area contributed by atoms with Crippen molar-refractivity contribution in [3.8, 4) is 12.1 Å². The normalized spacial score (nSPS) is 24.1. The van der Waals surface area contributed by atoms with Gasteiger partial charge in [-0.2, -0.15) is 15.2 Å². The number of piperazine rings is 1. The summed E-state index contributed by atoms with van der Waals surface area (Å²) in [7, 11) is 2.14. The predicted molar refractivity (Wildman–Crippen MR) is 164 cm³/mol. The maximum atomic E-state index is 12.5. The summed E-state index contributed by atoms with van der Waals surface area (Å²) in [6.45, 7) is 7.99. The van der Waals surface area contributed by atoms with Crippen LogP contribution in [0.15, 0.2) is 30.9 Å². The van der Waals surface area contributed by atoms with Crippen LogP contribution in [0.2, 0.25) is 5.02 Å². The van der Waals surface area contributed by atoms with Gasteiger partial charge in [-0.25, -0.2) is 0 Å². The van der Waals surface area contributed by atoms with Crippen LogP contribution in [0.4, 0.5) is 11.5 Å². The van der Waals surface area contributed by atoms with Gasteiger partial charge >= 0.3 is 6.01 Å². The molecule has 3 aliphatic heterocycles. The molecule has 4 aliphatic rings. The van der Waals surface area contributed by atoms with Gasteiger partial charge in [-0.1, -0.05) is 30.3 Å². The molecule has 222 valence electrons. The average molecular weight is 590 g/mol. The number of likely N-dealkylation sites (tertiary alicyclic amines) is 1. The number of carbonyl (C=O) groups excluding carboxylic acids is 1. The number of nitriles is 1. The molecule has 42 heavy (non-hydrogen) atoms. The van der Waals surface area contributed by atoms with Gasteiger partial charge in [0, 0.05) is 50.2 Å². The number of carbonyl (C=O) groups is 1. The van der Waals surface area contributed by atoms with Crippen LogP contribution < -0.4 is 14.5 Å². The molecule has 6 rings (SSSR count). The molecule has 2 fully saturated rings. The van der Waals surface area contributed by atoms with Gasteiger partial charge in [-0.3, -0.25) is 4.79 Å². The number of hydrogen-bond acceptors (Lipinski definition) is 8. The second-order valence-electron chi connectivity index (χ2n) is 12.0. The summed E-state index contributed by atoms with van der Waals surface area (Å²) in [5.41, 5.74) is 4.69. The molecule has 0 bridgehead atoms. The first kappa shape index (κ1) is 28.8. The van der Waals surface area contributed by atoms with Crippen molar-refractivity contribution in [1.82, 2.24) is 19.8 Å². The van der Waals surface area contributed by atoms with Crippen molar-refractivity contribution >= 4 is 29.0 Å². The van der Waals surface area contributed by atoms with E-state index in [2.05, 4.69) is 40.5 Å². The fourth-order valence-corrected chi connectivity index (χ4v) is 7.55. The van der Waals surface area contributed by atoms with Crippen molar-refractivity contribution < 1.29 is 9.53 Å². The van der Waals surface area contributed by atoms with Crippen LogP contribution in [0.3, 0.4) is 0 Å². The number of rotatable bonds is 7. The molecule has 1 unspecified atom stereocenters. The Bertz CT molecular complexity index is 1380. The highest BCUT2D eigenvalue weighted by molar-refractivity contribution is 6.33. The lowest BCUT2D eigenvalue weighted by atomic mass is 9.88. The van der Waals surface area contributed by atoms with E-state index in [-0.39, 0.29) is 18.4 Å². The predicted octanol–water partition coefficient (Wildman–Crippen LogP) is 4.03. The zero-order valence-corrected chi connectivity index (χ0v) is 25.2. The third-order valence-corrected chi connectivity index (χ3v) is 9.80. The highest BCUT2D eigenvalue weighted by Crippen LogP contribution is 2.40. The molecule has 0 radical (unpaired) electrons. The van der Waals surface area contributed by atoms with E-state index in [1.807, 2.05) is 12.1 Å². The fourth-order valence-electron chi connectivity index (χ4n) is 7.24. The molecule has 1 aromatic carbocycles. The number of amides is 1. The van der Waals surface area contributed by atoms with Gasteiger partial charge < -0.3 is 24.3 Å². The lowest BCUT2D eigenvalue weighted by Gasteiger charge is -2.43. The van der Waals surface area contributed by atoms with E-state index in [1.54, 1.807) is 4.90 Å². The van der Waals surface area contributed by atoms with Crippen LogP contribution in [0.25, 0.3) is 0 Å². The SMILES string of the molecule is C=CC(=O)N1CCN(c2nc(OCC3CCCN3C)nc3c2CC[C@H](N2CCCc4cccc(Cl)c42)C3)C[C@@H]1CC#N. The number of hydrogen-bond donors (Lipinski definition) is 0. The van der Waals surface area contributed by atoms with Crippen LogP contribution in [-0.4, -0.2) is 90.2 Å². The fraction of sp³-hybridized carbons (Fsp3) is 0.562. The van der Waals surface area contributed by atoms with Crippen molar-refractivity contribution in [3.05, 3.63) is 52.7 Å². The molecule has 2 saturated heterocycles. The van der Waals surface area contributed by atoms with Gasteiger partial charge in [0.15, 0.2) is 0 Å². The maximum absolute atomic E-state index is 12.5. The molecular formula is C32H40ClN7O2. The molecule has 0 spiro atoms.